The summed E-state index contributed by atoms with van der Waals surface area (Å²) in [4.78, 5) is 23.7. The molecule has 5 nitrogen and oxygen atoms in total. The monoisotopic (exact) mass is 354 g/mol. The third-order valence-corrected chi connectivity index (χ3v) is 4.96. The van der Waals surface area contributed by atoms with Crippen LogP contribution in [0.1, 0.15) is 28.8 Å². The van der Waals surface area contributed by atoms with Crippen LogP contribution in [0.3, 0.4) is 0 Å². The van der Waals surface area contributed by atoms with Crippen molar-refractivity contribution in [2.45, 2.75) is 19.3 Å². The molecule has 6 heteroatoms. The minimum absolute atomic E-state index is 0.0462. The van der Waals surface area contributed by atoms with Crippen molar-refractivity contribution in [3.05, 3.63) is 80.4 Å². The molecule has 25 heavy (non-hydrogen) atoms. The summed E-state index contributed by atoms with van der Waals surface area (Å²) < 4.78 is 0. The second-order valence-corrected chi connectivity index (χ2v) is 6.60. The van der Waals surface area contributed by atoms with E-state index in [9.17, 15) is 14.9 Å². The highest BCUT2D eigenvalue weighted by Crippen LogP contribution is 2.32. The summed E-state index contributed by atoms with van der Waals surface area (Å²) in [5.74, 6) is -0.121. The Kier molecular flexibility index (Phi) is 5.19. The summed E-state index contributed by atoms with van der Waals surface area (Å²) in [5, 5.41) is 15.2. The number of aryl methyl sites for hydroxylation is 1. The van der Waals surface area contributed by atoms with E-state index >= 15 is 0 Å². The van der Waals surface area contributed by atoms with E-state index in [1.807, 2.05) is 36.6 Å². The maximum Gasteiger partial charge on any atom is 0.270 e. The molecule has 0 radical (unpaired) electrons. The van der Waals surface area contributed by atoms with Crippen molar-refractivity contribution >= 4 is 28.9 Å². The van der Waals surface area contributed by atoms with Crippen LogP contribution < -0.4 is 5.32 Å². The summed E-state index contributed by atoms with van der Waals surface area (Å²) in [5.41, 5.74) is 2.88. The number of carbonyl (C=O) groups is 1. The Morgan fingerprint density at radius 1 is 1.16 bits per heavy atom. The zero-order valence-corrected chi connectivity index (χ0v) is 14.6. The number of nitrogens with zero attached hydrogens (tertiary/aromatic N) is 1. The zero-order chi connectivity index (χ0) is 17.8. The van der Waals surface area contributed by atoms with Crippen LogP contribution in [0, 0.1) is 10.1 Å². The van der Waals surface area contributed by atoms with Gasteiger partial charge in [-0.1, -0.05) is 24.3 Å². The predicted molar refractivity (Wildman–Crippen MR) is 101 cm³/mol. The number of nitro groups is 1. The molecule has 0 atom stereocenters. The summed E-state index contributed by atoms with van der Waals surface area (Å²) in [6.07, 6.45) is 4.16. The molecule has 0 unspecified atom stereocenters. The number of hydrogen-bond donors (Lipinski definition) is 1. The Hall–Kier alpha value is -2.60. The number of Topliss-reactive ketones (excluding diaryl/α,β-unsaturated/α-hetero) is 1. The van der Waals surface area contributed by atoms with Gasteiger partial charge in [0.05, 0.1) is 9.95 Å². The molecule has 0 fully saturated rings. The third-order valence-electron chi connectivity index (χ3n) is 4.21. The van der Waals surface area contributed by atoms with Crippen LogP contribution in [0.4, 0.5) is 11.4 Å². The zero-order valence-electron chi connectivity index (χ0n) is 13.8. The molecule has 0 aromatic heterocycles. The van der Waals surface area contributed by atoms with Crippen LogP contribution >= 0.6 is 11.8 Å². The number of hydrogen-bond acceptors (Lipinski definition) is 5. The molecule has 0 amide bonds. The molecule has 0 saturated carbocycles. The Morgan fingerprint density at radius 3 is 2.60 bits per heavy atom. The molecular weight excluding hydrogens is 336 g/mol. The summed E-state index contributed by atoms with van der Waals surface area (Å²) >= 11 is 1.48. The molecule has 1 aliphatic carbocycles. The van der Waals surface area contributed by atoms with Gasteiger partial charge in [0.2, 0.25) is 0 Å². The number of allylic oxidation sites excluding steroid dienone is 1. The van der Waals surface area contributed by atoms with Gasteiger partial charge in [0.1, 0.15) is 0 Å². The highest BCUT2D eigenvalue weighted by Gasteiger charge is 2.25. The minimum Gasteiger partial charge on any atom is -0.350 e. The largest absolute Gasteiger partial charge is 0.350 e. The molecule has 0 aliphatic heterocycles. The van der Waals surface area contributed by atoms with E-state index in [0.29, 0.717) is 17.6 Å². The lowest BCUT2D eigenvalue weighted by Crippen LogP contribution is -2.10. The van der Waals surface area contributed by atoms with Crippen LogP contribution in [-0.2, 0) is 6.42 Å². The van der Waals surface area contributed by atoms with E-state index in [-0.39, 0.29) is 11.5 Å². The van der Waals surface area contributed by atoms with E-state index in [4.69, 9.17) is 0 Å². The number of carbonyl (C=O) groups excluding carboxylic acids is 1. The van der Waals surface area contributed by atoms with Crippen molar-refractivity contribution in [2.75, 3.05) is 11.6 Å². The number of rotatable bonds is 4. The average molecular weight is 354 g/mol. The fourth-order valence-electron chi connectivity index (χ4n) is 2.96. The van der Waals surface area contributed by atoms with Gasteiger partial charge in [-0.2, -0.15) is 0 Å². The number of benzene rings is 2. The molecule has 128 valence electrons. The Bertz CT molecular complexity index is 847. The van der Waals surface area contributed by atoms with Crippen molar-refractivity contribution < 1.29 is 9.72 Å². The molecule has 2 aromatic carbocycles. The quantitative estimate of drug-likeness (QED) is 0.369. The smallest absolute Gasteiger partial charge is 0.270 e. The second kappa shape index (κ2) is 7.53. The minimum atomic E-state index is -0.459. The Balaban J connectivity index is 2.02. The van der Waals surface area contributed by atoms with Crippen LogP contribution in [-0.4, -0.2) is 17.0 Å². The summed E-state index contributed by atoms with van der Waals surface area (Å²) in [7, 11) is 0. The van der Waals surface area contributed by atoms with Crippen molar-refractivity contribution in [1.82, 2.24) is 0 Å². The molecule has 2 aromatic rings. The average Bonchev–Trinajstić information content (AvgIpc) is 2.79. The molecule has 0 spiro atoms. The van der Waals surface area contributed by atoms with Crippen LogP contribution in [0.25, 0.3) is 0 Å². The molecule has 0 saturated heterocycles. The SMILES string of the molecule is CS/C(Nc1ccccc1)=C1/CCCc2ccc([N+](=O)[O-])cc2C1=O. The Labute approximate surface area is 150 Å². The van der Waals surface area contributed by atoms with Crippen LogP contribution in [0.2, 0.25) is 0 Å². The van der Waals surface area contributed by atoms with E-state index in [0.717, 1.165) is 29.1 Å². The molecule has 0 bridgehead atoms. The van der Waals surface area contributed by atoms with Gasteiger partial charge in [-0.05, 0) is 43.2 Å². The fraction of sp³-hybridized carbons (Fsp3) is 0.211. The first-order valence-electron chi connectivity index (χ1n) is 8.01. The first-order chi connectivity index (χ1) is 12.1. The first-order valence-corrected chi connectivity index (χ1v) is 9.24. The van der Waals surface area contributed by atoms with E-state index in [1.54, 1.807) is 6.07 Å². The van der Waals surface area contributed by atoms with Crippen molar-refractivity contribution in [2.24, 2.45) is 0 Å². The standard InChI is InChI=1S/C19H18N2O3S/c1-25-19(20-14-7-3-2-4-8-14)16-9-5-6-13-10-11-15(21(23)24)12-17(13)18(16)22/h2-4,7-8,10-12,20H,5-6,9H2,1H3/b19-16-. The number of para-hydroxylation sites is 1. The van der Waals surface area contributed by atoms with Gasteiger partial charge in [-0.25, -0.2) is 0 Å². The van der Waals surface area contributed by atoms with E-state index < -0.39 is 4.92 Å². The summed E-state index contributed by atoms with van der Waals surface area (Å²) in [6, 6.07) is 14.3. The Morgan fingerprint density at radius 2 is 1.92 bits per heavy atom. The van der Waals surface area contributed by atoms with Crippen molar-refractivity contribution in [1.29, 1.82) is 0 Å². The predicted octanol–water partition coefficient (Wildman–Crippen LogP) is 4.80. The topological polar surface area (TPSA) is 72.2 Å². The number of non-ortho nitro benzene ring substituents is 1. The van der Waals surface area contributed by atoms with Gasteiger partial charge in [0, 0.05) is 29.0 Å². The summed E-state index contributed by atoms with van der Waals surface area (Å²) in [6.45, 7) is 0. The van der Waals surface area contributed by atoms with Crippen LogP contribution in [0.15, 0.2) is 59.1 Å². The molecule has 3 rings (SSSR count). The van der Waals surface area contributed by atoms with Gasteiger partial charge in [0.15, 0.2) is 5.78 Å². The lowest BCUT2D eigenvalue weighted by atomic mass is 9.99. The second-order valence-electron chi connectivity index (χ2n) is 5.78. The highest BCUT2D eigenvalue weighted by molar-refractivity contribution is 8.02. The maximum absolute atomic E-state index is 13.1. The first kappa shape index (κ1) is 17.2. The lowest BCUT2D eigenvalue weighted by Gasteiger charge is -2.14. The van der Waals surface area contributed by atoms with Gasteiger partial charge < -0.3 is 5.32 Å². The van der Waals surface area contributed by atoms with Crippen molar-refractivity contribution in [3.8, 4) is 0 Å². The number of fused-ring (bicyclic) bond motifs is 1. The van der Waals surface area contributed by atoms with Gasteiger partial charge >= 0.3 is 0 Å². The van der Waals surface area contributed by atoms with Crippen LogP contribution in [0.5, 0.6) is 0 Å². The molecule has 0 heterocycles. The maximum atomic E-state index is 13.1. The number of thioether (sulfide) groups is 1. The third kappa shape index (κ3) is 3.74. The molecule has 1 N–H and O–H groups in total. The number of nitrogens with one attached hydrogen (secondary N) is 1. The number of anilines is 1. The van der Waals surface area contributed by atoms with Gasteiger partial charge in [-0.3, -0.25) is 14.9 Å². The van der Waals surface area contributed by atoms with E-state index in [1.165, 1.54) is 23.9 Å². The molecule has 1 aliphatic rings. The fourth-order valence-corrected chi connectivity index (χ4v) is 3.62. The van der Waals surface area contributed by atoms with Gasteiger partial charge in [-0.15, -0.1) is 11.8 Å². The van der Waals surface area contributed by atoms with Crippen molar-refractivity contribution in [3.63, 3.8) is 0 Å². The molecular formula is C19H18N2O3S. The van der Waals surface area contributed by atoms with Gasteiger partial charge in [0.25, 0.3) is 5.69 Å². The van der Waals surface area contributed by atoms with E-state index in [2.05, 4.69) is 5.32 Å². The normalized spacial score (nSPS) is 16.0. The lowest BCUT2D eigenvalue weighted by molar-refractivity contribution is -0.384. The highest BCUT2D eigenvalue weighted by atomic mass is 32.2. The number of nitro benzene ring substituents is 1. The number of ketones is 1.